The molecule has 24 heavy (non-hydrogen) atoms. The zero-order chi connectivity index (χ0) is 17.5. The standard InChI is InChI=1S/C18H24N2O4/c1-2-3-7-16(21)19-14-10-8-13(9-11-14)17(22)20-12-5-4-6-15(20)18(23)24/h8-11,15H,2-7,12H2,1H3,(H,19,21)(H,23,24). The largest absolute Gasteiger partial charge is 0.480 e. The van der Waals surface area contributed by atoms with Crippen molar-refractivity contribution >= 4 is 23.5 Å². The van der Waals surface area contributed by atoms with Crippen molar-refractivity contribution in [2.75, 3.05) is 11.9 Å². The van der Waals surface area contributed by atoms with E-state index in [1.807, 2.05) is 6.92 Å². The van der Waals surface area contributed by atoms with Gasteiger partial charge in [0, 0.05) is 24.2 Å². The highest BCUT2D eigenvalue weighted by atomic mass is 16.4. The van der Waals surface area contributed by atoms with Crippen molar-refractivity contribution in [1.82, 2.24) is 4.90 Å². The van der Waals surface area contributed by atoms with Crippen LogP contribution in [0, 0.1) is 0 Å². The molecule has 1 unspecified atom stereocenters. The predicted octanol–water partition coefficient (Wildman–Crippen LogP) is 2.89. The molecule has 0 saturated carbocycles. The molecular weight excluding hydrogens is 308 g/mol. The topological polar surface area (TPSA) is 86.7 Å². The first-order chi connectivity index (χ1) is 11.5. The average Bonchev–Trinajstić information content (AvgIpc) is 2.60. The minimum absolute atomic E-state index is 0.0436. The van der Waals surface area contributed by atoms with E-state index in [0.29, 0.717) is 30.6 Å². The fourth-order valence-electron chi connectivity index (χ4n) is 2.85. The summed E-state index contributed by atoms with van der Waals surface area (Å²) >= 11 is 0. The number of piperidine rings is 1. The van der Waals surface area contributed by atoms with E-state index < -0.39 is 12.0 Å². The molecule has 1 aliphatic rings. The van der Waals surface area contributed by atoms with Crippen molar-refractivity contribution in [2.45, 2.75) is 51.5 Å². The molecule has 0 bridgehead atoms. The fourth-order valence-corrected chi connectivity index (χ4v) is 2.85. The summed E-state index contributed by atoms with van der Waals surface area (Å²) in [6, 6.07) is 5.86. The Hall–Kier alpha value is -2.37. The maximum Gasteiger partial charge on any atom is 0.326 e. The van der Waals surface area contributed by atoms with Crippen LogP contribution in [-0.2, 0) is 9.59 Å². The van der Waals surface area contributed by atoms with Crippen molar-refractivity contribution < 1.29 is 19.5 Å². The molecule has 2 rings (SSSR count). The summed E-state index contributed by atoms with van der Waals surface area (Å²) in [7, 11) is 0. The molecule has 1 aromatic carbocycles. The molecule has 0 radical (unpaired) electrons. The van der Waals surface area contributed by atoms with Crippen LogP contribution in [0.5, 0.6) is 0 Å². The zero-order valence-corrected chi connectivity index (χ0v) is 14.0. The third-order valence-electron chi connectivity index (χ3n) is 4.22. The second-order valence-corrected chi connectivity index (χ2v) is 6.08. The third-order valence-corrected chi connectivity index (χ3v) is 4.22. The van der Waals surface area contributed by atoms with Gasteiger partial charge < -0.3 is 15.3 Å². The van der Waals surface area contributed by atoms with E-state index >= 15 is 0 Å². The van der Waals surface area contributed by atoms with Crippen LogP contribution < -0.4 is 5.32 Å². The van der Waals surface area contributed by atoms with Crippen molar-refractivity contribution in [3.8, 4) is 0 Å². The molecule has 1 heterocycles. The summed E-state index contributed by atoms with van der Waals surface area (Å²) in [6.07, 6.45) is 4.41. The van der Waals surface area contributed by atoms with Gasteiger partial charge >= 0.3 is 5.97 Å². The molecule has 6 nitrogen and oxygen atoms in total. The Balaban J connectivity index is 2.02. The third kappa shape index (κ3) is 4.57. The van der Waals surface area contributed by atoms with Gasteiger partial charge in [0.2, 0.25) is 5.91 Å². The number of carboxylic acid groups (broad SMARTS) is 1. The SMILES string of the molecule is CCCCC(=O)Nc1ccc(C(=O)N2CCCCC2C(=O)O)cc1. The minimum Gasteiger partial charge on any atom is -0.480 e. The summed E-state index contributed by atoms with van der Waals surface area (Å²) in [6.45, 7) is 2.49. The quantitative estimate of drug-likeness (QED) is 0.838. The van der Waals surface area contributed by atoms with Crippen LogP contribution in [0.4, 0.5) is 5.69 Å². The minimum atomic E-state index is -0.956. The smallest absolute Gasteiger partial charge is 0.326 e. The molecule has 1 saturated heterocycles. The van der Waals surface area contributed by atoms with Gasteiger partial charge in [-0.1, -0.05) is 13.3 Å². The number of likely N-dealkylation sites (tertiary alicyclic amines) is 1. The molecule has 6 heteroatoms. The Morgan fingerprint density at radius 2 is 1.92 bits per heavy atom. The van der Waals surface area contributed by atoms with Crippen LogP contribution in [0.15, 0.2) is 24.3 Å². The molecule has 1 aromatic rings. The molecule has 2 amide bonds. The van der Waals surface area contributed by atoms with Gasteiger partial charge in [-0.15, -0.1) is 0 Å². The first-order valence-electron chi connectivity index (χ1n) is 8.46. The van der Waals surface area contributed by atoms with Crippen LogP contribution in [0.25, 0.3) is 0 Å². The molecule has 1 fully saturated rings. The monoisotopic (exact) mass is 332 g/mol. The van der Waals surface area contributed by atoms with Gasteiger partial charge in [0.15, 0.2) is 0 Å². The summed E-state index contributed by atoms with van der Waals surface area (Å²) in [5.74, 6) is -1.27. The van der Waals surface area contributed by atoms with E-state index in [4.69, 9.17) is 0 Å². The molecule has 1 atom stereocenters. The van der Waals surface area contributed by atoms with Crippen molar-refractivity contribution in [3.63, 3.8) is 0 Å². The summed E-state index contributed by atoms with van der Waals surface area (Å²) in [5, 5.41) is 12.1. The number of carboxylic acids is 1. The average molecular weight is 332 g/mol. The number of nitrogens with one attached hydrogen (secondary N) is 1. The molecule has 0 spiro atoms. The summed E-state index contributed by atoms with van der Waals surface area (Å²) in [4.78, 5) is 37.0. The highest BCUT2D eigenvalue weighted by molar-refractivity contribution is 5.97. The summed E-state index contributed by atoms with van der Waals surface area (Å²) in [5.41, 5.74) is 1.08. The summed E-state index contributed by atoms with van der Waals surface area (Å²) < 4.78 is 0. The van der Waals surface area contributed by atoms with Crippen LogP contribution in [0.2, 0.25) is 0 Å². The Kier molecular flexibility index (Phi) is 6.35. The number of carbonyl (C=O) groups is 3. The van der Waals surface area contributed by atoms with Gasteiger partial charge in [-0.3, -0.25) is 9.59 Å². The van der Waals surface area contributed by atoms with E-state index in [0.717, 1.165) is 25.7 Å². The lowest BCUT2D eigenvalue weighted by atomic mass is 10.0. The fraction of sp³-hybridized carbons (Fsp3) is 0.500. The Labute approximate surface area is 141 Å². The molecule has 1 aliphatic heterocycles. The number of amides is 2. The van der Waals surface area contributed by atoms with Gasteiger partial charge in [0.25, 0.3) is 5.91 Å². The number of aliphatic carboxylic acids is 1. The van der Waals surface area contributed by atoms with Crippen LogP contribution in [-0.4, -0.2) is 40.4 Å². The zero-order valence-electron chi connectivity index (χ0n) is 14.0. The molecule has 0 aromatic heterocycles. The van der Waals surface area contributed by atoms with Gasteiger partial charge in [-0.05, 0) is 49.9 Å². The number of rotatable bonds is 6. The van der Waals surface area contributed by atoms with E-state index in [1.165, 1.54) is 4.90 Å². The Morgan fingerprint density at radius 1 is 1.21 bits per heavy atom. The number of hydrogen-bond donors (Lipinski definition) is 2. The normalized spacial score (nSPS) is 17.4. The Morgan fingerprint density at radius 3 is 2.54 bits per heavy atom. The maximum absolute atomic E-state index is 12.6. The molecule has 130 valence electrons. The number of hydrogen-bond acceptors (Lipinski definition) is 3. The lowest BCUT2D eigenvalue weighted by Gasteiger charge is -2.33. The van der Waals surface area contributed by atoms with E-state index in [-0.39, 0.29) is 11.8 Å². The van der Waals surface area contributed by atoms with Gasteiger partial charge in [-0.2, -0.15) is 0 Å². The van der Waals surface area contributed by atoms with Crippen molar-refractivity contribution in [1.29, 1.82) is 0 Å². The number of benzene rings is 1. The van der Waals surface area contributed by atoms with Crippen molar-refractivity contribution in [2.24, 2.45) is 0 Å². The van der Waals surface area contributed by atoms with Crippen LogP contribution >= 0.6 is 0 Å². The van der Waals surface area contributed by atoms with Crippen LogP contribution in [0.3, 0.4) is 0 Å². The van der Waals surface area contributed by atoms with E-state index in [1.54, 1.807) is 24.3 Å². The predicted molar refractivity (Wildman–Crippen MR) is 90.9 cm³/mol. The number of nitrogens with zero attached hydrogens (tertiary/aromatic N) is 1. The molecular formula is C18H24N2O4. The first-order valence-corrected chi connectivity index (χ1v) is 8.46. The highest BCUT2D eigenvalue weighted by Crippen LogP contribution is 2.21. The number of unbranched alkanes of at least 4 members (excludes halogenated alkanes) is 1. The van der Waals surface area contributed by atoms with Gasteiger partial charge in [-0.25, -0.2) is 4.79 Å². The van der Waals surface area contributed by atoms with Crippen LogP contribution in [0.1, 0.15) is 55.8 Å². The van der Waals surface area contributed by atoms with Crippen molar-refractivity contribution in [3.05, 3.63) is 29.8 Å². The number of carbonyl (C=O) groups excluding carboxylic acids is 2. The second kappa shape index (κ2) is 8.47. The maximum atomic E-state index is 12.6. The second-order valence-electron chi connectivity index (χ2n) is 6.08. The Bertz CT molecular complexity index is 598. The van der Waals surface area contributed by atoms with Gasteiger partial charge in [0.1, 0.15) is 6.04 Å². The number of anilines is 1. The molecule has 0 aliphatic carbocycles. The first kappa shape index (κ1) is 18.0. The molecule has 2 N–H and O–H groups in total. The lowest BCUT2D eigenvalue weighted by molar-refractivity contribution is -0.143. The lowest BCUT2D eigenvalue weighted by Crippen LogP contribution is -2.47. The highest BCUT2D eigenvalue weighted by Gasteiger charge is 2.32. The van der Waals surface area contributed by atoms with E-state index in [9.17, 15) is 19.5 Å². The van der Waals surface area contributed by atoms with E-state index in [2.05, 4.69) is 5.32 Å². The van der Waals surface area contributed by atoms with Gasteiger partial charge in [0.05, 0.1) is 0 Å².